The molecule has 6 heteroatoms. The minimum atomic E-state index is -0.833. The Morgan fingerprint density at radius 2 is 1.00 bits per heavy atom. The van der Waals surface area contributed by atoms with E-state index in [1.165, 1.54) is 0 Å². The van der Waals surface area contributed by atoms with Crippen molar-refractivity contribution >= 4 is 11.9 Å². The third-order valence-electron chi connectivity index (χ3n) is 0. The van der Waals surface area contributed by atoms with Crippen LogP contribution in [0.15, 0.2) is 0 Å². The van der Waals surface area contributed by atoms with Gasteiger partial charge in [-0.05, 0) is 0 Å². The fraction of sp³-hybridized carbons (Fsp3) is 0.500. The van der Waals surface area contributed by atoms with E-state index in [1.54, 1.807) is 0 Å². The van der Waals surface area contributed by atoms with Crippen molar-refractivity contribution in [2.45, 2.75) is 13.8 Å². The van der Waals surface area contributed by atoms with E-state index in [9.17, 15) is 0 Å². The Morgan fingerprint density at radius 1 is 1.00 bits per heavy atom. The molecule has 0 amide bonds. The number of rotatable bonds is 0. The number of hydrogen-bond donors (Lipinski definition) is 2. The largest absolute Gasteiger partial charge is 0.481 e. The molecule has 0 spiro atoms. The summed E-state index contributed by atoms with van der Waals surface area (Å²) in [5, 5.41) is 14.8. The van der Waals surface area contributed by atoms with Crippen LogP contribution in [0.3, 0.4) is 0 Å². The summed E-state index contributed by atoms with van der Waals surface area (Å²) in [6.07, 6.45) is 0. The molecule has 0 fully saturated rings. The fourth-order valence-electron chi connectivity index (χ4n) is 0. The van der Waals surface area contributed by atoms with Crippen LogP contribution in [0.4, 0.5) is 0 Å². The van der Waals surface area contributed by atoms with Gasteiger partial charge in [-0.3, -0.25) is 9.59 Å². The van der Waals surface area contributed by atoms with Gasteiger partial charge in [0.2, 0.25) is 0 Å². The number of carbonyl (C=O) groups is 2. The first-order chi connectivity index (χ1) is 3.46. The monoisotopic (exact) mass is 239 g/mol. The minimum Gasteiger partial charge on any atom is -0.481 e. The first-order valence-electron chi connectivity index (χ1n) is 1.86. The standard InChI is InChI=1S/2C2H4O2.Cu.Fe/c2*1-2(3)4;;/h2*1H3,(H,3,4);;. The molecule has 10 heavy (non-hydrogen) atoms. The first-order valence-corrected chi connectivity index (χ1v) is 1.86. The van der Waals surface area contributed by atoms with Crippen molar-refractivity contribution in [3.8, 4) is 0 Å². The second kappa shape index (κ2) is 16.0. The van der Waals surface area contributed by atoms with Gasteiger partial charge >= 0.3 is 0 Å². The summed E-state index contributed by atoms with van der Waals surface area (Å²) in [4.78, 5) is 18.0. The smallest absolute Gasteiger partial charge is 0.300 e. The van der Waals surface area contributed by atoms with Gasteiger partial charge in [-0.25, -0.2) is 0 Å². The summed E-state index contributed by atoms with van der Waals surface area (Å²) in [5.74, 6) is -1.67. The molecule has 0 rings (SSSR count). The third kappa shape index (κ3) is 878000. The summed E-state index contributed by atoms with van der Waals surface area (Å²) in [6, 6.07) is 0. The first kappa shape index (κ1) is 22.5. The zero-order valence-corrected chi connectivity index (χ0v) is 7.41. The molecule has 0 heterocycles. The Balaban J connectivity index is -0.0000000300. The molecule has 0 saturated heterocycles. The molecule has 4 nitrogen and oxygen atoms in total. The molecular weight excluding hydrogens is 231 g/mol. The molecule has 1 radical (unpaired) electrons. The van der Waals surface area contributed by atoms with Crippen molar-refractivity contribution in [3.05, 3.63) is 0 Å². The van der Waals surface area contributed by atoms with E-state index >= 15 is 0 Å². The molecule has 0 aliphatic rings. The molecule has 0 aliphatic heterocycles. The Hall–Kier alpha value is -0.0210. The van der Waals surface area contributed by atoms with Gasteiger partial charge in [0, 0.05) is 48.0 Å². The van der Waals surface area contributed by atoms with Crippen LogP contribution in [0.1, 0.15) is 13.8 Å². The molecule has 2 N–H and O–H groups in total. The molecule has 0 saturated carbocycles. The average Bonchev–Trinajstić information content (AvgIpc) is 1.25. The Bertz CT molecular complexity index is 75.3. The topological polar surface area (TPSA) is 74.6 Å². The predicted molar refractivity (Wildman–Crippen MR) is 26.6 cm³/mol. The summed E-state index contributed by atoms with van der Waals surface area (Å²) < 4.78 is 0. The van der Waals surface area contributed by atoms with E-state index < -0.39 is 11.9 Å². The minimum absolute atomic E-state index is 0. The summed E-state index contributed by atoms with van der Waals surface area (Å²) in [6.45, 7) is 2.17. The Kier molecular flexibility index (Phi) is 36.0. The van der Waals surface area contributed by atoms with E-state index in [0.717, 1.165) is 13.8 Å². The molecule has 0 aliphatic carbocycles. The molecule has 0 aromatic heterocycles. The van der Waals surface area contributed by atoms with Crippen LogP contribution in [0.5, 0.6) is 0 Å². The van der Waals surface area contributed by atoms with Crippen LogP contribution in [-0.4, -0.2) is 22.2 Å². The Labute approximate surface area is 79.9 Å². The molecule has 0 aromatic carbocycles. The maximum absolute atomic E-state index is 9.00. The van der Waals surface area contributed by atoms with Gasteiger partial charge in [-0.2, -0.15) is 0 Å². The van der Waals surface area contributed by atoms with Gasteiger partial charge < -0.3 is 10.2 Å². The quantitative estimate of drug-likeness (QED) is 0.591. The van der Waals surface area contributed by atoms with Crippen LogP contribution in [0.2, 0.25) is 0 Å². The van der Waals surface area contributed by atoms with Crippen molar-refractivity contribution in [2.75, 3.05) is 0 Å². The molecule has 0 atom stereocenters. The molecule has 67 valence electrons. The van der Waals surface area contributed by atoms with E-state index in [0.29, 0.717) is 0 Å². The van der Waals surface area contributed by atoms with E-state index in [2.05, 4.69) is 0 Å². The normalized spacial score (nSPS) is 5.00. The van der Waals surface area contributed by atoms with Gasteiger partial charge in [-0.15, -0.1) is 0 Å². The molecular formula is C4H8CuFeO4. The van der Waals surface area contributed by atoms with Gasteiger partial charge in [0.1, 0.15) is 0 Å². The number of carboxylic acids is 2. The van der Waals surface area contributed by atoms with Crippen LogP contribution in [0, 0.1) is 0 Å². The van der Waals surface area contributed by atoms with Gasteiger partial charge in [0.25, 0.3) is 11.9 Å². The Morgan fingerprint density at radius 3 is 1.00 bits per heavy atom. The van der Waals surface area contributed by atoms with Gasteiger partial charge in [0.05, 0.1) is 0 Å². The van der Waals surface area contributed by atoms with Crippen LogP contribution >= 0.6 is 0 Å². The second-order valence-corrected chi connectivity index (χ2v) is 1.04. The summed E-state index contributed by atoms with van der Waals surface area (Å²) in [7, 11) is 0. The van der Waals surface area contributed by atoms with Crippen molar-refractivity contribution in [1.82, 2.24) is 0 Å². The SMILES string of the molecule is CC(=O)O.CC(=O)O.[Cu].[Fe]. The van der Waals surface area contributed by atoms with Crippen LogP contribution in [0.25, 0.3) is 0 Å². The van der Waals surface area contributed by atoms with Gasteiger partial charge in [-0.1, -0.05) is 0 Å². The molecule has 0 aromatic rings. The maximum Gasteiger partial charge on any atom is 0.300 e. The second-order valence-electron chi connectivity index (χ2n) is 1.04. The van der Waals surface area contributed by atoms with Gasteiger partial charge in [0.15, 0.2) is 0 Å². The van der Waals surface area contributed by atoms with Crippen molar-refractivity contribution in [2.24, 2.45) is 0 Å². The molecule has 0 bridgehead atoms. The maximum atomic E-state index is 9.00. The van der Waals surface area contributed by atoms with Crippen molar-refractivity contribution < 1.29 is 53.9 Å². The van der Waals surface area contributed by atoms with Crippen LogP contribution < -0.4 is 0 Å². The average molecular weight is 239 g/mol. The van der Waals surface area contributed by atoms with Crippen molar-refractivity contribution in [1.29, 1.82) is 0 Å². The summed E-state index contributed by atoms with van der Waals surface area (Å²) >= 11 is 0. The molecule has 0 unspecified atom stereocenters. The number of hydrogen-bond acceptors (Lipinski definition) is 2. The summed E-state index contributed by atoms with van der Waals surface area (Å²) in [5.41, 5.74) is 0. The number of aliphatic carboxylic acids is 2. The van der Waals surface area contributed by atoms with Crippen LogP contribution in [-0.2, 0) is 43.7 Å². The number of carboxylic acid groups (broad SMARTS) is 2. The zero-order chi connectivity index (χ0) is 7.15. The predicted octanol–water partition coefficient (Wildman–Crippen LogP) is 0.177. The zero-order valence-electron chi connectivity index (χ0n) is 5.37. The van der Waals surface area contributed by atoms with E-state index in [1.807, 2.05) is 0 Å². The third-order valence-corrected chi connectivity index (χ3v) is 0. The van der Waals surface area contributed by atoms with Crippen molar-refractivity contribution in [3.63, 3.8) is 0 Å². The van der Waals surface area contributed by atoms with E-state index in [-0.39, 0.29) is 34.1 Å². The fourth-order valence-corrected chi connectivity index (χ4v) is 0. The van der Waals surface area contributed by atoms with E-state index in [4.69, 9.17) is 19.8 Å².